The van der Waals surface area contributed by atoms with Gasteiger partial charge >= 0.3 is 6.18 Å². The molecule has 32 heavy (non-hydrogen) atoms. The quantitative estimate of drug-likeness (QED) is 0.340. The second-order valence-corrected chi connectivity index (χ2v) is 9.24. The molecule has 166 valence electrons. The second-order valence-electron chi connectivity index (χ2n) is 7.21. The number of hydrogen-bond acceptors (Lipinski definition) is 5. The predicted octanol–water partition coefficient (Wildman–Crippen LogP) is 4.19. The highest BCUT2D eigenvalue weighted by Crippen LogP contribution is 2.37. The third kappa shape index (κ3) is 4.27. The molecule has 10 heteroatoms. The molecule has 1 aliphatic rings. The van der Waals surface area contributed by atoms with E-state index in [1.807, 2.05) is 0 Å². The topological polar surface area (TPSA) is 64.0 Å². The largest absolute Gasteiger partial charge is 0.418 e. The van der Waals surface area contributed by atoms with E-state index in [2.05, 4.69) is 16.2 Å². The molecule has 0 spiro atoms. The van der Waals surface area contributed by atoms with E-state index in [1.165, 1.54) is 29.5 Å². The van der Waals surface area contributed by atoms with Gasteiger partial charge in [-0.1, -0.05) is 29.8 Å². The molecular formula is C22H18F3N3O2S2. The summed E-state index contributed by atoms with van der Waals surface area (Å²) in [4.78, 5) is 31.7. The molecule has 1 aromatic carbocycles. The van der Waals surface area contributed by atoms with Crippen molar-refractivity contribution in [1.82, 2.24) is 14.9 Å². The van der Waals surface area contributed by atoms with E-state index in [0.29, 0.717) is 16.6 Å². The van der Waals surface area contributed by atoms with Gasteiger partial charge in [0.25, 0.3) is 5.56 Å². The van der Waals surface area contributed by atoms with Crippen LogP contribution in [0.5, 0.6) is 0 Å². The number of fused-ring (bicyclic) bond motifs is 3. The number of hydrogen-bond donors (Lipinski definition) is 1. The number of benzene rings is 1. The Balaban J connectivity index is 1.91. The molecule has 0 saturated heterocycles. The zero-order valence-electron chi connectivity index (χ0n) is 16.8. The van der Waals surface area contributed by atoms with Gasteiger partial charge < -0.3 is 5.32 Å². The van der Waals surface area contributed by atoms with Gasteiger partial charge in [0, 0.05) is 4.88 Å². The Kier molecular flexibility index (Phi) is 6.31. The summed E-state index contributed by atoms with van der Waals surface area (Å²) in [6.45, 7) is 0.0349. The van der Waals surface area contributed by atoms with Gasteiger partial charge in [-0.15, -0.1) is 17.8 Å². The molecule has 0 unspecified atom stereocenters. The lowest BCUT2D eigenvalue weighted by Crippen LogP contribution is -2.27. The van der Waals surface area contributed by atoms with Crippen LogP contribution in [0.3, 0.4) is 0 Å². The normalized spacial score (nSPS) is 13.6. The van der Waals surface area contributed by atoms with Gasteiger partial charge in [0.15, 0.2) is 5.16 Å². The maximum Gasteiger partial charge on any atom is 0.418 e. The molecule has 0 aliphatic heterocycles. The zero-order chi connectivity index (χ0) is 22.9. The number of halogens is 3. The summed E-state index contributed by atoms with van der Waals surface area (Å²) in [7, 11) is 0. The lowest BCUT2D eigenvalue weighted by atomic mass is 9.97. The Hall–Kier alpha value is -2.77. The molecule has 1 amide bonds. The van der Waals surface area contributed by atoms with Crippen LogP contribution >= 0.6 is 23.1 Å². The van der Waals surface area contributed by atoms with Gasteiger partial charge in [0.1, 0.15) is 4.83 Å². The first kappa shape index (κ1) is 22.4. The number of carbonyl (C=O) groups is 1. The number of thiophene rings is 1. The van der Waals surface area contributed by atoms with E-state index in [0.717, 1.165) is 52.1 Å². The third-order valence-electron chi connectivity index (χ3n) is 5.13. The lowest BCUT2D eigenvalue weighted by molar-refractivity contribution is -0.137. The van der Waals surface area contributed by atoms with Crippen LogP contribution in [0, 0.1) is 12.3 Å². The number of nitrogens with zero attached hydrogens (tertiary/aromatic N) is 2. The summed E-state index contributed by atoms with van der Waals surface area (Å²) >= 11 is 2.31. The predicted molar refractivity (Wildman–Crippen MR) is 119 cm³/mol. The molecular weight excluding hydrogens is 459 g/mol. The minimum atomic E-state index is -4.66. The fourth-order valence-electron chi connectivity index (χ4n) is 3.73. The molecule has 0 bridgehead atoms. The fraction of sp³-hybridized carbons (Fsp3) is 0.318. The number of alkyl halides is 3. The van der Waals surface area contributed by atoms with Gasteiger partial charge in [-0.25, -0.2) is 4.98 Å². The highest BCUT2D eigenvalue weighted by Gasteiger charge is 2.35. The number of rotatable bonds is 5. The lowest BCUT2D eigenvalue weighted by Gasteiger charge is -2.17. The molecule has 5 nitrogen and oxygen atoms in total. The minimum absolute atomic E-state index is 0.0349. The zero-order valence-corrected chi connectivity index (χ0v) is 18.4. The molecule has 1 N–H and O–H groups in total. The van der Waals surface area contributed by atoms with Crippen molar-refractivity contribution in [2.75, 3.05) is 12.3 Å². The number of carbonyl (C=O) groups excluding carboxylic acids is 1. The molecule has 3 aromatic rings. The van der Waals surface area contributed by atoms with E-state index in [-0.39, 0.29) is 23.1 Å². The molecule has 0 fully saturated rings. The van der Waals surface area contributed by atoms with Gasteiger partial charge in [0.2, 0.25) is 5.91 Å². The van der Waals surface area contributed by atoms with Crippen molar-refractivity contribution in [2.45, 2.75) is 37.0 Å². The van der Waals surface area contributed by atoms with Crippen molar-refractivity contribution in [3.63, 3.8) is 0 Å². The Morgan fingerprint density at radius 1 is 1.28 bits per heavy atom. The van der Waals surface area contributed by atoms with Crippen LogP contribution in [0.2, 0.25) is 0 Å². The maximum atomic E-state index is 13.8. The summed E-state index contributed by atoms with van der Waals surface area (Å²) in [6, 6.07) is 4.90. The molecule has 2 heterocycles. The smallest absolute Gasteiger partial charge is 0.344 e. The van der Waals surface area contributed by atoms with Crippen molar-refractivity contribution in [3.8, 4) is 18.0 Å². The monoisotopic (exact) mass is 477 g/mol. The molecule has 0 saturated carbocycles. The first-order valence-corrected chi connectivity index (χ1v) is 11.7. The highest BCUT2D eigenvalue weighted by molar-refractivity contribution is 7.99. The summed E-state index contributed by atoms with van der Waals surface area (Å²) in [5.74, 6) is 1.74. The number of nitrogens with one attached hydrogen (secondary N) is 1. The Bertz CT molecular complexity index is 1290. The van der Waals surface area contributed by atoms with Crippen molar-refractivity contribution in [3.05, 3.63) is 50.6 Å². The van der Waals surface area contributed by atoms with E-state index in [9.17, 15) is 22.8 Å². The van der Waals surface area contributed by atoms with Crippen LogP contribution < -0.4 is 10.9 Å². The Morgan fingerprint density at radius 3 is 2.78 bits per heavy atom. The maximum absolute atomic E-state index is 13.8. The van der Waals surface area contributed by atoms with Crippen molar-refractivity contribution in [2.24, 2.45) is 0 Å². The number of para-hydroxylation sites is 1. The number of terminal acetylenes is 1. The average molecular weight is 478 g/mol. The van der Waals surface area contributed by atoms with E-state index < -0.39 is 23.2 Å². The van der Waals surface area contributed by atoms with Gasteiger partial charge in [-0.2, -0.15) is 13.2 Å². The molecule has 0 atom stereocenters. The van der Waals surface area contributed by atoms with Crippen LogP contribution in [0.15, 0.2) is 34.2 Å². The van der Waals surface area contributed by atoms with Gasteiger partial charge in [-0.3, -0.25) is 14.2 Å². The summed E-state index contributed by atoms with van der Waals surface area (Å²) in [5.41, 5.74) is -0.902. The molecule has 0 radical (unpaired) electrons. The third-order valence-corrected chi connectivity index (χ3v) is 7.25. The Labute approximate surface area is 190 Å². The molecule has 2 aromatic heterocycles. The van der Waals surface area contributed by atoms with Crippen LogP contribution in [0.1, 0.15) is 28.8 Å². The van der Waals surface area contributed by atoms with E-state index in [4.69, 9.17) is 6.42 Å². The van der Waals surface area contributed by atoms with Crippen molar-refractivity contribution in [1.29, 1.82) is 0 Å². The molecule has 4 rings (SSSR count). The first-order valence-electron chi connectivity index (χ1n) is 9.88. The van der Waals surface area contributed by atoms with Crippen LogP contribution in [-0.4, -0.2) is 27.8 Å². The van der Waals surface area contributed by atoms with Gasteiger partial charge in [0.05, 0.1) is 28.9 Å². The standard InChI is InChI=1S/C22H18F3N3O2S2/c1-2-11-26-17(29)12-31-21-27-19-18(13-7-3-6-10-16(13)32-19)20(30)28(21)15-9-5-4-8-14(15)22(23,24)25/h1,4-5,8-9H,3,6-7,10-12H2,(H,26,29). The average Bonchev–Trinajstić information content (AvgIpc) is 3.14. The fourth-order valence-corrected chi connectivity index (χ4v) is 5.87. The molecule has 1 aliphatic carbocycles. The number of aromatic nitrogens is 2. The van der Waals surface area contributed by atoms with Crippen molar-refractivity contribution < 1.29 is 18.0 Å². The Morgan fingerprint density at radius 2 is 2.03 bits per heavy atom. The van der Waals surface area contributed by atoms with E-state index >= 15 is 0 Å². The van der Waals surface area contributed by atoms with Crippen LogP contribution in [-0.2, 0) is 23.8 Å². The van der Waals surface area contributed by atoms with Gasteiger partial charge in [-0.05, 0) is 43.4 Å². The summed E-state index contributed by atoms with van der Waals surface area (Å²) in [5, 5.41) is 2.91. The minimum Gasteiger partial charge on any atom is -0.344 e. The van der Waals surface area contributed by atoms with Crippen molar-refractivity contribution >= 4 is 39.2 Å². The van der Waals surface area contributed by atoms with Crippen LogP contribution in [0.4, 0.5) is 13.2 Å². The SMILES string of the molecule is C#CCNC(=O)CSc1nc2sc3c(c2c(=O)n1-c1ccccc1C(F)(F)F)CCCC3. The van der Waals surface area contributed by atoms with E-state index in [1.54, 1.807) is 0 Å². The summed E-state index contributed by atoms with van der Waals surface area (Å²) < 4.78 is 42.3. The number of amides is 1. The number of aryl methyl sites for hydroxylation is 2. The number of thioether (sulfide) groups is 1. The first-order chi connectivity index (χ1) is 15.3. The highest BCUT2D eigenvalue weighted by atomic mass is 32.2. The second kappa shape index (κ2) is 9.00. The van der Waals surface area contributed by atoms with Crippen LogP contribution in [0.25, 0.3) is 15.9 Å². The summed E-state index contributed by atoms with van der Waals surface area (Å²) in [6.07, 6.45) is 3.93.